The minimum atomic E-state index is -3.12. The van der Waals surface area contributed by atoms with Crippen LogP contribution in [-0.4, -0.2) is 36.6 Å². The molecule has 0 radical (unpaired) electrons. The molecular formula is C14H28N2O2S. The van der Waals surface area contributed by atoms with Crippen LogP contribution in [0.1, 0.15) is 58.8 Å². The monoisotopic (exact) mass is 288 g/mol. The van der Waals surface area contributed by atoms with E-state index in [2.05, 4.69) is 6.92 Å². The fourth-order valence-electron chi connectivity index (χ4n) is 3.24. The standard InChI is InChI=1S/C14H28N2O2S/c1-3-10-16(19(17,18)13-4-5-13)14(11-15)8-6-12(2)7-9-14/h12-13H,3-11,15H2,1-2H3. The third-order valence-electron chi connectivity index (χ3n) is 4.79. The predicted octanol–water partition coefficient (Wildman–Crippen LogP) is 2.10. The minimum Gasteiger partial charge on any atom is -0.329 e. The summed E-state index contributed by atoms with van der Waals surface area (Å²) in [5.74, 6) is 0.701. The van der Waals surface area contributed by atoms with Crippen LogP contribution in [0, 0.1) is 5.92 Å². The Kier molecular flexibility index (Phi) is 4.58. The van der Waals surface area contributed by atoms with Crippen molar-refractivity contribution in [3.05, 3.63) is 0 Å². The van der Waals surface area contributed by atoms with Crippen molar-refractivity contribution in [2.24, 2.45) is 11.7 Å². The lowest BCUT2D eigenvalue weighted by molar-refractivity contribution is 0.115. The molecule has 0 aromatic rings. The fraction of sp³-hybridized carbons (Fsp3) is 1.00. The zero-order valence-corrected chi connectivity index (χ0v) is 13.1. The molecule has 0 saturated heterocycles. The van der Waals surface area contributed by atoms with Crippen LogP contribution in [0.25, 0.3) is 0 Å². The van der Waals surface area contributed by atoms with Gasteiger partial charge in [0.05, 0.1) is 5.25 Å². The Morgan fingerprint density at radius 2 is 1.79 bits per heavy atom. The summed E-state index contributed by atoms with van der Waals surface area (Å²) < 4.78 is 27.2. The smallest absolute Gasteiger partial charge is 0.217 e. The second-order valence-electron chi connectivity index (χ2n) is 6.43. The van der Waals surface area contributed by atoms with E-state index in [4.69, 9.17) is 5.73 Å². The highest BCUT2D eigenvalue weighted by Gasteiger charge is 2.49. The van der Waals surface area contributed by atoms with Crippen molar-refractivity contribution in [3.63, 3.8) is 0 Å². The van der Waals surface area contributed by atoms with Crippen molar-refractivity contribution in [1.82, 2.24) is 4.31 Å². The maximum atomic E-state index is 12.7. The van der Waals surface area contributed by atoms with Gasteiger partial charge < -0.3 is 5.73 Å². The lowest BCUT2D eigenvalue weighted by atomic mass is 9.77. The van der Waals surface area contributed by atoms with Crippen LogP contribution in [0.15, 0.2) is 0 Å². The average molecular weight is 288 g/mol. The third kappa shape index (κ3) is 2.98. The second kappa shape index (κ2) is 5.70. The van der Waals surface area contributed by atoms with Crippen LogP contribution in [0.4, 0.5) is 0 Å². The molecule has 0 bridgehead atoms. The van der Waals surface area contributed by atoms with Gasteiger partial charge in [0.15, 0.2) is 0 Å². The Hall–Kier alpha value is -0.130. The maximum Gasteiger partial charge on any atom is 0.217 e. The zero-order valence-electron chi connectivity index (χ0n) is 12.3. The third-order valence-corrected chi connectivity index (χ3v) is 7.29. The fourth-order valence-corrected chi connectivity index (χ4v) is 5.56. The zero-order chi connectivity index (χ0) is 14.1. The first kappa shape index (κ1) is 15.3. The highest BCUT2D eigenvalue weighted by molar-refractivity contribution is 7.90. The van der Waals surface area contributed by atoms with Gasteiger partial charge in [0.1, 0.15) is 0 Å². The Morgan fingerprint density at radius 1 is 1.21 bits per heavy atom. The van der Waals surface area contributed by atoms with E-state index < -0.39 is 10.0 Å². The Balaban J connectivity index is 2.25. The summed E-state index contributed by atoms with van der Waals surface area (Å²) in [6.07, 6.45) is 6.57. The summed E-state index contributed by atoms with van der Waals surface area (Å²) in [7, 11) is -3.12. The molecule has 0 aromatic heterocycles. The molecule has 4 nitrogen and oxygen atoms in total. The molecule has 112 valence electrons. The molecule has 0 amide bonds. The summed E-state index contributed by atoms with van der Waals surface area (Å²) in [5, 5.41) is -0.123. The number of nitrogens with two attached hydrogens (primary N) is 1. The van der Waals surface area contributed by atoms with Gasteiger partial charge in [-0.1, -0.05) is 13.8 Å². The first-order valence-electron chi connectivity index (χ1n) is 7.68. The molecule has 0 spiro atoms. The molecule has 2 aliphatic rings. The normalized spacial score (nSPS) is 32.7. The van der Waals surface area contributed by atoms with E-state index in [1.807, 2.05) is 6.92 Å². The van der Waals surface area contributed by atoms with E-state index in [1.54, 1.807) is 4.31 Å². The van der Waals surface area contributed by atoms with Gasteiger partial charge in [0, 0.05) is 18.6 Å². The Labute approximate surface area is 117 Å². The van der Waals surface area contributed by atoms with Crippen LogP contribution < -0.4 is 5.73 Å². The molecule has 5 heteroatoms. The highest BCUT2D eigenvalue weighted by Crippen LogP contribution is 2.41. The minimum absolute atomic E-state index is 0.123. The quantitative estimate of drug-likeness (QED) is 0.814. The van der Waals surface area contributed by atoms with Gasteiger partial charge in [-0.15, -0.1) is 0 Å². The first-order chi connectivity index (χ1) is 8.96. The molecule has 2 rings (SSSR count). The van der Waals surface area contributed by atoms with Crippen molar-refractivity contribution in [2.45, 2.75) is 69.6 Å². The van der Waals surface area contributed by atoms with Gasteiger partial charge >= 0.3 is 0 Å². The van der Waals surface area contributed by atoms with Crippen LogP contribution in [0.2, 0.25) is 0 Å². The highest BCUT2D eigenvalue weighted by atomic mass is 32.2. The largest absolute Gasteiger partial charge is 0.329 e. The van der Waals surface area contributed by atoms with Gasteiger partial charge in [-0.25, -0.2) is 8.42 Å². The Bertz CT molecular complexity index is 396. The van der Waals surface area contributed by atoms with Crippen LogP contribution in [0.5, 0.6) is 0 Å². The number of hydrogen-bond donors (Lipinski definition) is 1. The second-order valence-corrected chi connectivity index (χ2v) is 8.56. The van der Waals surface area contributed by atoms with E-state index in [0.717, 1.165) is 44.9 Å². The molecule has 2 fully saturated rings. The lowest BCUT2D eigenvalue weighted by Crippen LogP contribution is -2.58. The molecule has 2 N–H and O–H groups in total. The van der Waals surface area contributed by atoms with E-state index >= 15 is 0 Å². The van der Waals surface area contributed by atoms with E-state index in [9.17, 15) is 8.42 Å². The van der Waals surface area contributed by atoms with Crippen molar-refractivity contribution < 1.29 is 8.42 Å². The Morgan fingerprint density at radius 3 is 2.21 bits per heavy atom. The van der Waals surface area contributed by atoms with Crippen LogP contribution in [0.3, 0.4) is 0 Å². The van der Waals surface area contributed by atoms with Gasteiger partial charge in [-0.2, -0.15) is 4.31 Å². The van der Waals surface area contributed by atoms with E-state index in [1.165, 1.54) is 0 Å². The number of hydrogen-bond acceptors (Lipinski definition) is 3. The molecule has 0 heterocycles. The summed E-state index contributed by atoms with van der Waals surface area (Å²) in [4.78, 5) is 0. The molecule has 0 unspecified atom stereocenters. The first-order valence-corrected chi connectivity index (χ1v) is 9.18. The van der Waals surface area contributed by atoms with Gasteiger partial charge in [-0.3, -0.25) is 0 Å². The van der Waals surface area contributed by atoms with Crippen molar-refractivity contribution >= 4 is 10.0 Å². The van der Waals surface area contributed by atoms with E-state index in [0.29, 0.717) is 19.0 Å². The maximum absolute atomic E-state index is 12.7. The van der Waals surface area contributed by atoms with Gasteiger partial charge in [0.25, 0.3) is 0 Å². The van der Waals surface area contributed by atoms with Crippen LogP contribution >= 0.6 is 0 Å². The summed E-state index contributed by atoms with van der Waals surface area (Å²) in [6, 6.07) is 0. The number of nitrogens with zero attached hydrogens (tertiary/aromatic N) is 1. The summed E-state index contributed by atoms with van der Waals surface area (Å²) >= 11 is 0. The summed E-state index contributed by atoms with van der Waals surface area (Å²) in [5.41, 5.74) is 5.72. The molecule has 0 aromatic carbocycles. The van der Waals surface area contributed by atoms with Crippen molar-refractivity contribution in [1.29, 1.82) is 0 Å². The number of rotatable bonds is 6. The topological polar surface area (TPSA) is 63.4 Å². The molecular weight excluding hydrogens is 260 g/mol. The molecule has 2 aliphatic carbocycles. The molecule has 0 atom stereocenters. The lowest BCUT2D eigenvalue weighted by Gasteiger charge is -2.46. The molecule has 19 heavy (non-hydrogen) atoms. The van der Waals surface area contributed by atoms with Crippen LogP contribution in [-0.2, 0) is 10.0 Å². The van der Waals surface area contributed by atoms with Gasteiger partial charge in [-0.05, 0) is 50.9 Å². The SMILES string of the molecule is CCCN(C1(CN)CCC(C)CC1)S(=O)(=O)C1CC1. The van der Waals surface area contributed by atoms with Crippen molar-refractivity contribution in [2.75, 3.05) is 13.1 Å². The number of sulfonamides is 1. The van der Waals surface area contributed by atoms with Gasteiger partial charge in [0.2, 0.25) is 10.0 Å². The van der Waals surface area contributed by atoms with Crippen molar-refractivity contribution in [3.8, 4) is 0 Å². The molecule has 0 aliphatic heterocycles. The summed E-state index contributed by atoms with van der Waals surface area (Å²) in [6.45, 7) is 5.39. The van der Waals surface area contributed by atoms with E-state index in [-0.39, 0.29) is 10.8 Å². The predicted molar refractivity (Wildman–Crippen MR) is 78.4 cm³/mol. The average Bonchev–Trinajstić information content (AvgIpc) is 3.22. The molecule has 2 saturated carbocycles.